The van der Waals surface area contributed by atoms with Crippen LogP contribution in [0.4, 0.5) is 5.69 Å². The first-order valence-electron chi connectivity index (χ1n) is 13.0. The zero-order chi connectivity index (χ0) is 28.6. The van der Waals surface area contributed by atoms with Crippen molar-refractivity contribution in [1.29, 1.82) is 0 Å². The lowest BCUT2D eigenvalue weighted by Gasteiger charge is -2.32. The number of hydrogen-bond donors (Lipinski definition) is 1. The quantitative estimate of drug-likeness (QED) is 0.292. The molecule has 39 heavy (non-hydrogen) atoms. The second-order valence-electron chi connectivity index (χ2n) is 9.64. The summed E-state index contributed by atoms with van der Waals surface area (Å²) in [6.07, 6.45) is 1.73. The summed E-state index contributed by atoms with van der Waals surface area (Å²) in [5, 5.41) is 3.38. The van der Waals surface area contributed by atoms with Gasteiger partial charge in [-0.15, -0.1) is 0 Å². The number of sulfonamides is 1. The van der Waals surface area contributed by atoms with Crippen LogP contribution in [0.15, 0.2) is 77.7 Å². The molecular formula is C30H36ClN3O4S. The summed E-state index contributed by atoms with van der Waals surface area (Å²) < 4.78 is 28.8. The maximum absolute atomic E-state index is 13.9. The highest BCUT2D eigenvalue weighted by Crippen LogP contribution is 2.26. The number of anilines is 1. The zero-order valence-corrected chi connectivity index (χ0v) is 24.4. The topological polar surface area (TPSA) is 86.8 Å². The number of nitrogens with one attached hydrogen (secondary N) is 1. The Kier molecular flexibility index (Phi) is 10.5. The number of halogens is 1. The van der Waals surface area contributed by atoms with Crippen LogP contribution in [0.3, 0.4) is 0 Å². The molecule has 0 aliphatic heterocycles. The molecule has 3 aromatic rings. The number of amides is 2. The first-order chi connectivity index (χ1) is 18.5. The molecule has 0 unspecified atom stereocenters. The highest BCUT2D eigenvalue weighted by atomic mass is 35.5. The van der Waals surface area contributed by atoms with Crippen molar-refractivity contribution >= 4 is 39.1 Å². The number of hydrogen-bond acceptors (Lipinski definition) is 4. The number of aryl methyl sites for hydroxylation is 2. The fourth-order valence-corrected chi connectivity index (χ4v) is 5.93. The Hall–Kier alpha value is -3.36. The van der Waals surface area contributed by atoms with Crippen molar-refractivity contribution in [3.63, 3.8) is 0 Å². The molecule has 0 heterocycles. The summed E-state index contributed by atoms with van der Waals surface area (Å²) in [7, 11) is -4.10. The van der Waals surface area contributed by atoms with Crippen molar-refractivity contribution in [2.24, 2.45) is 0 Å². The molecule has 0 fully saturated rings. The number of carbonyl (C=O) groups is 2. The van der Waals surface area contributed by atoms with Crippen molar-refractivity contribution in [1.82, 2.24) is 10.2 Å². The Labute approximate surface area is 236 Å². The molecule has 1 atom stereocenters. The van der Waals surface area contributed by atoms with Crippen molar-refractivity contribution in [2.45, 2.75) is 58.0 Å². The number of rotatable bonds is 12. The third-order valence-electron chi connectivity index (χ3n) is 6.34. The van der Waals surface area contributed by atoms with Gasteiger partial charge in [0.15, 0.2) is 0 Å². The van der Waals surface area contributed by atoms with Gasteiger partial charge in [0.1, 0.15) is 12.6 Å². The number of carbonyl (C=O) groups excluding carboxylic acids is 2. The van der Waals surface area contributed by atoms with E-state index in [0.29, 0.717) is 17.3 Å². The third-order valence-corrected chi connectivity index (χ3v) is 8.37. The van der Waals surface area contributed by atoms with Crippen molar-refractivity contribution in [2.75, 3.05) is 17.4 Å². The number of benzene rings is 3. The van der Waals surface area contributed by atoms with E-state index >= 15 is 0 Å². The summed E-state index contributed by atoms with van der Waals surface area (Å²) in [5.41, 5.74) is 2.84. The lowest BCUT2D eigenvalue weighted by Crippen LogP contribution is -2.51. The Balaban J connectivity index is 2.02. The predicted molar refractivity (Wildman–Crippen MR) is 156 cm³/mol. The smallest absolute Gasteiger partial charge is 0.264 e. The molecule has 0 aliphatic rings. The standard InChI is InChI=1S/C30H36ClN3O4S/c1-5-6-15-32-30(36)24(4)33(20-25-11-10-12-26(31)19-25)29(35)21-34(27-17-22(2)16-23(3)18-27)39(37,38)28-13-8-7-9-14-28/h7-14,16-19,24H,5-6,15,20-21H2,1-4H3,(H,32,36)/t24-/m0/s1. The Morgan fingerprint density at radius 1 is 0.949 bits per heavy atom. The summed E-state index contributed by atoms with van der Waals surface area (Å²) in [5.74, 6) is -0.811. The summed E-state index contributed by atoms with van der Waals surface area (Å²) >= 11 is 6.19. The van der Waals surface area contributed by atoms with E-state index in [1.54, 1.807) is 55.5 Å². The highest BCUT2D eigenvalue weighted by Gasteiger charge is 2.32. The largest absolute Gasteiger partial charge is 0.354 e. The van der Waals surface area contributed by atoms with Gasteiger partial charge in [-0.1, -0.05) is 61.3 Å². The molecule has 0 bridgehead atoms. The van der Waals surface area contributed by atoms with E-state index in [0.717, 1.165) is 33.8 Å². The molecule has 2 amide bonds. The molecule has 9 heteroatoms. The number of nitrogens with zero attached hydrogens (tertiary/aromatic N) is 2. The summed E-state index contributed by atoms with van der Waals surface area (Å²) in [6, 6.07) is 19.6. The lowest BCUT2D eigenvalue weighted by atomic mass is 10.1. The molecule has 0 spiro atoms. The maximum atomic E-state index is 13.9. The van der Waals surface area contributed by atoms with E-state index in [4.69, 9.17) is 11.6 Å². The van der Waals surface area contributed by atoms with E-state index in [2.05, 4.69) is 5.32 Å². The van der Waals surface area contributed by atoms with Crippen molar-refractivity contribution < 1.29 is 18.0 Å². The van der Waals surface area contributed by atoms with Crippen LogP contribution in [0, 0.1) is 13.8 Å². The molecule has 208 valence electrons. The van der Waals surface area contributed by atoms with Crippen LogP contribution < -0.4 is 9.62 Å². The van der Waals surface area contributed by atoms with E-state index in [1.165, 1.54) is 17.0 Å². The van der Waals surface area contributed by atoms with Gasteiger partial charge in [0.2, 0.25) is 11.8 Å². The van der Waals surface area contributed by atoms with Crippen LogP contribution in [-0.4, -0.2) is 44.3 Å². The Morgan fingerprint density at radius 2 is 1.62 bits per heavy atom. The van der Waals surface area contributed by atoms with Crippen LogP contribution in [0.25, 0.3) is 0 Å². The van der Waals surface area contributed by atoms with Crippen LogP contribution in [0.2, 0.25) is 5.02 Å². The fraction of sp³-hybridized carbons (Fsp3) is 0.333. The van der Waals surface area contributed by atoms with Crippen molar-refractivity contribution in [3.05, 3.63) is 94.5 Å². The SMILES string of the molecule is CCCCNC(=O)[C@H](C)N(Cc1cccc(Cl)c1)C(=O)CN(c1cc(C)cc(C)c1)S(=O)(=O)c1ccccc1. The van der Waals surface area contributed by atoms with Gasteiger partial charge in [0.25, 0.3) is 10.0 Å². The van der Waals surface area contributed by atoms with Crippen molar-refractivity contribution in [3.8, 4) is 0 Å². The molecule has 3 rings (SSSR count). The van der Waals surface area contributed by atoms with Gasteiger partial charge < -0.3 is 10.2 Å². The normalized spacial score (nSPS) is 12.0. The van der Waals surface area contributed by atoms with Gasteiger partial charge >= 0.3 is 0 Å². The average molecular weight is 570 g/mol. The second-order valence-corrected chi connectivity index (χ2v) is 11.9. The maximum Gasteiger partial charge on any atom is 0.264 e. The highest BCUT2D eigenvalue weighted by molar-refractivity contribution is 7.92. The first-order valence-corrected chi connectivity index (χ1v) is 14.8. The molecule has 1 N–H and O–H groups in total. The summed E-state index contributed by atoms with van der Waals surface area (Å²) in [6.45, 7) is 7.53. The van der Waals surface area contributed by atoms with E-state index < -0.39 is 28.5 Å². The lowest BCUT2D eigenvalue weighted by molar-refractivity contribution is -0.139. The average Bonchev–Trinajstić information content (AvgIpc) is 2.89. The van der Waals surface area contributed by atoms with Gasteiger partial charge in [0.05, 0.1) is 10.6 Å². The zero-order valence-electron chi connectivity index (χ0n) is 22.9. The molecule has 0 saturated heterocycles. The molecular weight excluding hydrogens is 534 g/mol. The molecule has 3 aromatic carbocycles. The van der Waals surface area contributed by atoms with Crippen LogP contribution in [0.1, 0.15) is 43.4 Å². The van der Waals surface area contributed by atoms with Gasteiger partial charge in [0, 0.05) is 18.1 Å². The third kappa shape index (κ3) is 8.07. The fourth-order valence-electron chi connectivity index (χ4n) is 4.29. The molecule has 0 radical (unpaired) electrons. The molecule has 7 nitrogen and oxygen atoms in total. The minimum atomic E-state index is -4.10. The van der Waals surface area contributed by atoms with Gasteiger partial charge in [-0.3, -0.25) is 13.9 Å². The first kappa shape index (κ1) is 30.2. The summed E-state index contributed by atoms with van der Waals surface area (Å²) in [4.78, 5) is 28.4. The van der Waals surface area contributed by atoms with Crippen LogP contribution in [-0.2, 0) is 26.2 Å². The minimum absolute atomic E-state index is 0.0729. The Morgan fingerprint density at radius 3 is 2.23 bits per heavy atom. The minimum Gasteiger partial charge on any atom is -0.354 e. The monoisotopic (exact) mass is 569 g/mol. The van der Waals surface area contributed by atoms with Crippen LogP contribution in [0.5, 0.6) is 0 Å². The molecule has 0 aromatic heterocycles. The van der Waals surface area contributed by atoms with Gasteiger partial charge in [-0.05, 0) is 80.3 Å². The van der Waals surface area contributed by atoms with Gasteiger partial charge in [-0.25, -0.2) is 8.42 Å². The van der Waals surface area contributed by atoms with E-state index in [1.807, 2.05) is 32.9 Å². The number of unbranched alkanes of at least 4 members (excludes halogenated alkanes) is 1. The second kappa shape index (κ2) is 13.6. The van der Waals surface area contributed by atoms with E-state index in [9.17, 15) is 18.0 Å². The van der Waals surface area contributed by atoms with Crippen LogP contribution >= 0.6 is 11.6 Å². The molecule has 0 aliphatic carbocycles. The van der Waals surface area contributed by atoms with Gasteiger partial charge in [-0.2, -0.15) is 0 Å². The molecule has 0 saturated carbocycles. The predicted octanol–water partition coefficient (Wildman–Crippen LogP) is 5.49. The van der Waals surface area contributed by atoms with E-state index in [-0.39, 0.29) is 17.3 Å². The Bertz CT molecular complexity index is 1380.